The number of nitrogen functional groups attached to an aromatic ring is 1. The highest BCUT2D eigenvalue weighted by Gasteiger charge is 2.05. The lowest BCUT2D eigenvalue weighted by molar-refractivity contribution is 0.460. The second-order valence-electron chi connectivity index (χ2n) is 3.65. The number of ether oxygens (including phenoxy) is 1. The van der Waals surface area contributed by atoms with Gasteiger partial charge in [0.1, 0.15) is 17.8 Å². The van der Waals surface area contributed by atoms with Crippen LogP contribution in [-0.2, 0) is 0 Å². The summed E-state index contributed by atoms with van der Waals surface area (Å²) in [5.74, 6) is 1.15. The van der Waals surface area contributed by atoms with Crippen molar-refractivity contribution in [3.8, 4) is 11.6 Å². The van der Waals surface area contributed by atoms with E-state index >= 15 is 0 Å². The minimum Gasteiger partial charge on any atom is -0.437 e. The first-order valence-electron chi connectivity index (χ1n) is 4.97. The molecule has 0 saturated heterocycles. The van der Waals surface area contributed by atoms with Crippen LogP contribution in [0.25, 0.3) is 0 Å². The fourth-order valence-corrected chi connectivity index (χ4v) is 1.43. The third-order valence-electron chi connectivity index (χ3n) is 2.24. The maximum Gasteiger partial charge on any atom is 0.245 e. The van der Waals surface area contributed by atoms with Gasteiger partial charge in [0.2, 0.25) is 5.88 Å². The zero-order chi connectivity index (χ0) is 11.5. The zero-order valence-corrected chi connectivity index (χ0v) is 9.27. The van der Waals surface area contributed by atoms with E-state index in [0.717, 1.165) is 11.3 Å². The van der Waals surface area contributed by atoms with Gasteiger partial charge >= 0.3 is 0 Å². The van der Waals surface area contributed by atoms with E-state index in [1.54, 1.807) is 0 Å². The van der Waals surface area contributed by atoms with Gasteiger partial charge in [-0.2, -0.15) is 4.98 Å². The molecule has 82 valence electrons. The number of nitrogens with two attached hydrogens (primary N) is 1. The van der Waals surface area contributed by atoms with Gasteiger partial charge in [0.05, 0.1) is 6.20 Å². The normalized spacial score (nSPS) is 10.1. The Morgan fingerprint density at radius 1 is 1.25 bits per heavy atom. The molecule has 0 bridgehead atoms. The van der Waals surface area contributed by atoms with E-state index in [1.165, 1.54) is 18.1 Å². The summed E-state index contributed by atoms with van der Waals surface area (Å²) >= 11 is 0. The average molecular weight is 215 g/mol. The van der Waals surface area contributed by atoms with Crippen LogP contribution in [0.15, 0.2) is 30.7 Å². The van der Waals surface area contributed by atoms with Gasteiger partial charge in [-0.1, -0.05) is 17.7 Å². The first kappa shape index (κ1) is 10.4. The van der Waals surface area contributed by atoms with Gasteiger partial charge in [0.25, 0.3) is 0 Å². The summed E-state index contributed by atoms with van der Waals surface area (Å²) in [5.41, 5.74) is 8.38. The Kier molecular flexibility index (Phi) is 2.72. The smallest absolute Gasteiger partial charge is 0.245 e. The Bertz CT molecular complexity index is 511. The first-order chi connectivity index (χ1) is 7.66. The van der Waals surface area contributed by atoms with Crippen LogP contribution in [0.1, 0.15) is 11.1 Å². The van der Waals surface area contributed by atoms with Gasteiger partial charge in [0, 0.05) is 0 Å². The number of anilines is 1. The predicted molar refractivity (Wildman–Crippen MR) is 62.4 cm³/mol. The molecule has 0 radical (unpaired) electrons. The highest BCUT2D eigenvalue weighted by Crippen LogP contribution is 2.27. The first-order valence-corrected chi connectivity index (χ1v) is 4.97. The molecule has 0 spiro atoms. The molecular weight excluding hydrogens is 202 g/mol. The van der Waals surface area contributed by atoms with Gasteiger partial charge in [-0.05, 0) is 25.5 Å². The van der Waals surface area contributed by atoms with Crippen molar-refractivity contribution in [3.05, 3.63) is 41.9 Å². The number of nitrogens with zero attached hydrogens (tertiary/aromatic N) is 2. The number of hydrogen-bond acceptors (Lipinski definition) is 4. The second kappa shape index (κ2) is 4.18. The zero-order valence-electron chi connectivity index (χ0n) is 9.27. The maximum absolute atomic E-state index is 5.70. The molecule has 0 fully saturated rings. The molecule has 2 aromatic rings. The molecular formula is C12H13N3O. The van der Waals surface area contributed by atoms with Crippen LogP contribution < -0.4 is 10.5 Å². The third-order valence-corrected chi connectivity index (χ3v) is 2.24. The molecule has 4 heteroatoms. The summed E-state index contributed by atoms with van der Waals surface area (Å²) in [4.78, 5) is 7.79. The molecule has 0 amide bonds. The van der Waals surface area contributed by atoms with Gasteiger partial charge < -0.3 is 10.5 Å². The van der Waals surface area contributed by atoms with Gasteiger partial charge in [-0.3, -0.25) is 0 Å². The van der Waals surface area contributed by atoms with E-state index in [4.69, 9.17) is 10.5 Å². The van der Waals surface area contributed by atoms with Crippen molar-refractivity contribution in [1.29, 1.82) is 0 Å². The lowest BCUT2D eigenvalue weighted by atomic mass is 10.1. The maximum atomic E-state index is 5.70. The van der Waals surface area contributed by atoms with E-state index in [1.807, 2.05) is 32.0 Å². The SMILES string of the molecule is Cc1ccc(Oc2ncncc2N)c(C)c1. The Balaban J connectivity index is 2.31. The van der Waals surface area contributed by atoms with Crippen molar-refractivity contribution in [2.75, 3.05) is 5.73 Å². The molecule has 0 aliphatic heterocycles. The number of benzene rings is 1. The Hall–Kier alpha value is -2.10. The molecule has 0 saturated carbocycles. The summed E-state index contributed by atoms with van der Waals surface area (Å²) in [6.45, 7) is 4.02. The van der Waals surface area contributed by atoms with Gasteiger partial charge in [0.15, 0.2) is 0 Å². The molecule has 0 atom stereocenters. The molecule has 0 aliphatic rings. The van der Waals surface area contributed by atoms with Crippen molar-refractivity contribution < 1.29 is 4.74 Å². The molecule has 2 rings (SSSR count). The topological polar surface area (TPSA) is 61.0 Å². The molecule has 1 aromatic heterocycles. The third kappa shape index (κ3) is 2.11. The van der Waals surface area contributed by atoms with Crippen molar-refractivity contribution in [3.63, 3.8) is 0 Å². The van der Waals surface area contributed by atoms with Crippen LogP contribution in [0.3, 0.4) is 0 Å². The Morgan fingerprint density at radius 3 is 2.75 bits per heavy atom. The second-order valence-corrected chi connectivity index (χ2v) is 3.65. The minimum atomic E-state index is 0.391. The highest BCUT2D eigenvalue weighted by molar-refractivity contribution is 5.48. The minimum absolute atomic E-state index is 0.391. The van der Waals surface area contributed by atoms with Crippen molar-refractivity contribution in [1.82, 2.24) is 9.97 Å². The number of aryl methyl sites for hydroxylation is 2. The fraction of sp³-hybridized carbons (Fsp3) is 0.167. The summed E-state index contributed by atoms with van der Waals surface area (Å²) in [5, 5.41) is 0. The van der Waals surface area contributed by atoms with Crippen LogP contribution >= 0.6 is 0 Å². The van der Waals surface area contributed by atoms with E-state index < -0.39 is 0 Å². The fourth-order valence-electron chi connectivity index (χ4n) is 1.43. The van der Waals surface area contributed by atoms with E-state index in [9.17, 15) is 0 Å². The monoisotopic (exact) mass is 215 g/mol. The summed E-state index contributed by atoms with van der Waals surface area (Å²) in [6, 6.07) is 5.94. The Labute approximate surface area is 94.1 Å². The average Bonchev–Trinajstić information content (AvgIpc) is 2.25. The molecule has 16 heavy (non-hydrogen) atoms. The van der Waals surface area contributed by atoms with Gasteiger partial charge in [-0.15, -0.1) is 0 Å². The van der Waals surface area contributed by atoms with Crippen LogP contribution in [0.2, 0.25) is 0 Å². The molecule has 2 N–H and O–H groups in total. The van der Waals surface area contributed by atoms with Crippen LogP contribution in [0, 0.1) is 13.8 Å². The summed E-state index contributed by atoms with van der Waals surface area (Å²) in [7, 11) is 0. The summed E-state index contributed by atoms with van der Waals surface area (Å²) < 4.78 is 5.62. The Morgan fingerprint density at radius 2 is 2.06 bits per heavy atom. The highest BCUT2D eigenvalue weighted by atomic mass is 16.5. The largest absolute Gasteiger partial charge is 0.437 e. The number of hydrogen-bond donors (Lipinski definition) is 1. The summed E-state index contributed by atoms with van der Waals surface area (Å²) in [6.07, 6.45) is 2.93. The number of aromatic nitrogens is 2. The number of rotatable bonds is 2. The lowest BCUT2D eigenvalue weighted by Gasteiger charge is -2.09. The quantitative estimate of drug-likeness (QED) is 0.835. The molecule has 0 aliphatic carbocycles. The van der Waals surface area contributed by atoms with E-state index in [0.29, 0.717) is 11.6 Å². The standard InChI is InChI=1S/C12H13N3O/c1-8-3-4-11(9(2)5-8)16-12-10(13)6-14-7-15-12/h3-7H,13H2,1-2H3. The van der Waals surface area contributed by atoms with Crippen molar-refractivity contribution >= 4 is 5.69 Å². The molecule has 0 unspecified atom stereocenters. The molecule has 1 heterocycles. The molecule has 1 aromatic carbocycles. The van der Waals surface area contributed by atoms with E-state index in [2.05, 4.69) is 9.97 Å². The van der Waals surface area contributed by atoms with Crippen LogP contribution in [-0.4, -0.2) is 9.97 Å². The van der Waals surface area contributed by atoms with E-state index in [-0.39, 0.29) is 0 Å². The van der Waals surface area contributed by atoms with Gasteiger partial charge in [-0.25, -0.2) is 4.98 Å². The van der Waals surface area contributed by atoms with Crippen LogP contribution in [0.5, 0.6) is 11.6 Å². The lowest BCUT2D eigenvalue weighted by Crippen LogP contribution is -1.96. The van der Waals surface area contributed by atoms with Crippen LogP contribution in [0.4, 0.5) is 5.69 Å². The molecule has 4 nitrogen and oxygen atoms in total. The van der Waals surface area contributed by atoms with Crippen molar-refractivity contribution in [2.24, 2.45) is 0 Å². The predicted octanol–water partition coefficient (Wildman–Crippen LogP) is 2.47. The van der Waals surface area contributed by atoms with Crippen molar-refractivity contribution in [2.45, 2.75) is 13.8 Å².